The third kappa shape index (κ3) is 9.23. The fourth-order valence-corrected chi connectivity index (χ4v) is 2.74. The summed E-state index contributed by atoms with van der Waals surface area (Å²) in [5.74, 6) is 0.0570. The molecule has 30 heavy (non-hydrogen) atoms. The van der Waals surface area contributed by atoms with E-state index >= 15 is 0 Å². The van der Waals surface area contributed by atoms with Crippen LogP contribution in [0, 0.1) is 0 Å². The Hall–Kier alpha value is -3.35. The molecule has 0 radical (unpaired) electrons. The number of amidine groups is 1. The first kappa shape index (κ1) is 22.9. The number of amides is 1. The Balaban J connectivity index is 1.68. The van der Waals surface area contributed by atoms with Crippen molar-refractivity contribution in [2.24, 2.45) is 10.7 Å². The number of benzene rings is 2. The van der Waals surface area contributed by atoms with Crippen LogP contribution in [-0.4, -0.2) is 29.6 Å². The van der Waals surface area contributed by atoms with Crippen molar-refractivity contribution in [3.8, 4) is 5.75 Å². The number of hydrogen-bond donors (Lipinski definition) is 2. The molecular formula is C23H28N2O5. The Morgan fingerprint density at radius 1 is 0.900 bits per heavy atom. The summed E-state index contributed by atoms with van der Waals surface area (Å²) in [6, 6.07) is 16.4. The topological polar surface area (TPSA) is 111 Å². The molecule has 0 aliphatic heterocycles. The average Bonchev–Trinajstić information content (AvgIpc) is 2.75. The summed E-state index contributed by atoms with van der Waals surface area (Å²) in [6.07, 6.45) is 4.06. The summed E-state index contributed by atoms with van der Waals surface area (Å²) in [5.41, 5.74) is 7.37. The first-order valence-electron chi connectivity index (χ1n) is 10.0. The van der Waals surface area contributed by atoms with E-state index in [4.69, 9.17) is 20.3 Å². The summed E-state index contributed by atoms with van der Waals surface area (Å²) in [4.78, 5) is 26.0. The van der Waals surface area contributed by atoms with Gasteiger partial charge in [0.05, 0.1) is 6.61 Å². The number of carboxylic acid groups (broad SMARTS) is 1. The van der Waals surface area contributed by atoms with E-state index in [2.05, 4.69) is 4.99 Å². The average molecular weight is 412 g/mol. The van der Waals surface area contributed by atoms with Gasteiger partial charge in [-0.15, -0.1) is 0 Å². The van der Waals surface area contributed by atoms with E-state index in [9.17, 15) is 9.59 Å². The number of carbonyl (C=O) groups is 2. The second-order valence-corrected chi connectivity index (χ2v) is 6.82. The summed E-state index contributed by atoms with van der Waals surface area (Å²) in [6.45, 7) is 0.733. The zero-order chi connectivity index (χ0) is 21.6. The largest absolute Gasteiger partial charge is 0.494 e. The molecule has 0 aliphatic rings. The minimum Gasteiger partial charge on any atom is -0.494 e. The molecule has 0 fully saturated rings. The lowest BCUT2D eigenvalue weighted by Gasteiger charge is -2.07. The van der Waals surface area contributed by atoms with Crippen molar-refractivity contribution in [1.29, 1.82) is 0 Å². The molecule has 7 heteroatoms. The van der Waals surface area contributed by atoms with Gasteiger partial charge in [0.1, 0.15) is 18.2 Å². The molecule has 0 saturated carbocycles. The van der Waals surface area contributed by atoms with Crippen LogP contribution in [0.15, 0.2) is 59.6 Å². The van der Waals surface area contributed by atoms with E-state index in [0.717, 1.165) is 37.7 Å². The minimum atomic E-state index is -0.739. The molecule has 160 valence electrons. The van der Waals surface area contributed by atoms with Gasteiger partial charge in [-0.05, 0) is 42.7 Å². The molecule has 0 unspecified atom stereocenters. The van der Waals surface area contributed by atoms with E-state index in [1.54, 1.807) is 24.3 Å². The summed E-state index contributed by atoms with van der Waals surface area (Å²) < 4.78 is 10.8. The smallest absolute Gasteiger partial charge is 0.435 e. The van der Waals surface area contributed by atoms with Crippen molar-refractivity contribution in [3.05, 3.63) is 65.7 Å². The molecule has 2 aromatic rings. The first-order valence-corrected chi connectivity index (χ1v) is 10.0. The maximum Gasteiger partial charge on any atom is 0.435 e. The number of nitrogens with zero attached hydrogens (tertiary/aromatic N) is 1. The summed E-state index contributed by atoms with van der Waals surface area (Å²) >= 11 is 0. The van der Waals surface area contributed by atoms with Crippen LogP contribution in [-0.2, 0) is 16.1 Å². The predicted molar refractivity (Wildman–Crippen MR) is 115 cm³/mol. The van der Waals surface area contributed by atoms with E-state index in [1.165, 1.54) is 0 Å². The van der Waals surface area contributed by atoms with Gasteiger partial charge in [0, 0.05) is 12.0 Å². The number of aliphatic imine (C=N–C) groups is 1. The van der Waals surface area contributed by atoms with Crippen molar-refractivity contribution < 1.29 is 24.2 Å². The molecule has 0 spiro atoms. The second-order valence-electron chi connectivity index (χ2n) is 6.82. The van der Waals surface area contributed by atoms with Gasteiger partial charge in [-0.2, -0.15) is 4.99 Å². The number of aliphatic carboxylic acids is 1. The molecule has 2 rings (SSSR count). The van der Waals surface area contributed by atoms with Gasteiger partial charge >= 0.3 is 12.1 Å². The predicted octanol–water partition coefficient (Wildman–Crippen LogP) is 4.53. The molecular weight excluding hydrogens is 384 g/mol. The lowest BCUT2D eigenvalue weighted by atomic mass is 10.1. The van der Waals surface area contributed by atoms with Crippen LogP contribution in [0.5, 0.6) is 5.75 Å². The SMILES string of the molecule is N/C(=N/C(=O)OCc1ccccc1)c1ccc(OCCCCCCCC(=O)O)cc1. The maximum atomic E-state index is 11.8. The Bertz CT molecular complexity index is 819. The number of rotatable bonds is 12. The highest BCUT2D eigenvalue weighted by Gasteiger charge is 2.05. The van der Waals surface area contributed by atoms with Crippen LogP contribution in [0.1, 0.15) is 49.7 Å². The van der Waals surface area contributed by atoms with Crippen LogP contribution in [0.3, 0.4) is 0 Å². The number of ether oxygens (including phenoxy) is 2. The van der Waals surface area contributed by atoms with Crippen molar-refractivity contribution in [1.82, 2.24) is 0 Å². The molecule has 0 aromatic heterocycles. The van der Waals surface area contributed by atoms with Gasteiger partial charge in [0.15, 0.2) is 0 Å². The third-order valence-corrected chi connectivity index (χ3v) is 4.37. The first-order chi connectivity index (χ1) is 14.5. The molecule has 2 aromatic carbocycles. The zero-order valence-corrected chi connectivity index (χ0v) is 17.0. The van der Waals surface area contributed by atoms with E-state index in [1.807, 2.05) is 30.3 Å². The second kappa shape index (κ2) is 13.0. The molecule has 0 aliphatic carbocycles. The molecule has 0 saturated heterocycles. The minimum absolute atomic E-state index is 0.0842. The maximum absolute atomic E-state index is 11.8. The quantitative estimate of drug-likeness (QED) is 0.301. The summed E-state index contributed by atoms with van der Waals surface area (Å²) in [5, 5.41) is 8.59. The molecule has 7 nitrogen and oxygen atoms in total. The van der Waals surface area contributed by atoms with Crippen molar-refractivity contribution >= 4 is 17.9 Å². The van der Waals surface area contributed by atoms with Crippen LogP contribution in [0.25, 0.3) is 0 Å². The normalized spacial score (nSPS) is 11.1. The highest BCUT2D eigenvalue weighted by Crippen LogP contribution is 2.14. The number of carbonyl (C=O) groups excluding carboxylic acids is 1. The van der Waals surface area contributed by atoms with Gasteiger partial charge in [-0.3, -0.25) is 4.79 Å². The van der Waals surface area contributed by atoms with Crippen LogP contribution >= 0.6 is 0 Å². The molecule has 0 bridgehead atoms. The fraction of sp³-hybridized carbons (Fsp3) is 0.348. The lowest BCUT2D eigenvalue weighted by molar-refractivity contribution is -0.137. The summed E-state index contributed by atoms with van der Waals surface area (Å²) in [7, 11) is 0. The van der Waals surface area contributed by atoms with Gasteiger partial charge < -0.3 is 20.3 Å². The monoisotopic (exact) mass is 412 g/mol. The Kier molecular flexibility index (Phi) is 9.92. The Labute approximate surface area is 176 Å². The number of unbranched alkanes of at least 4 members (excludes halogenated alkanes) is 4. The van der Waals surface area contributed by atoms with Crippen LogP contribution < -0.4 is 10.5 Å². The van der Waals surface area contributed by atoms with Gasteiger partial charge in [0.25, 0.3) is 0 Å². The molecule has 3 N–H and O–H groups in total. The van der Waals surface area contributed by atoms with Gasteiger partial charge in [-0.1, -0.05) is 49.6 Å². The van der Waals surface area contributed by atoms with Crippen molar-refractivity contribution in [2.75, 3.05) is 6.61 Å². The standard InChI is InChI=1S/C23H28N2O5/c24-22(25-23(28)30-17-18-9-5-4-6-10-18)19-12-14-20(15-13-19)29-16-8-3-1-2-7-11-21(26)27/h4-6,9-10,12-15H,1-3,7-8,11,16-17H2,(H,26,27)(H2,24,25,28). The zero-order valence-electron chi connectivity index (χ0n) is 17.0. The van der Waals surface area contributed by atoms with E-state index < -0.39 is 12.1 Å². The number of nitrogens with two attached hydrogens (primary N) is 1. The lowest BCUT2D eigenvalue weighted by Crippen LogP contribution is -2.16. The third-order valence-electron chi connectivity index (χ3n) is 4.37. The molecule has 1 amide bonds. The van der Waals surface area contributed by atoms with Crippen LogP contribution in [0.2, 0.25) is 0 Å². The van der Waals surface area contributed by atoms with Gasteiger partial charge in [0.2, 0.25) is 0 Å². The van der Waals surface area contributed by atoms with E-state index in [-0.39, 0.29) is 18.9 Å². The highest BCUT2D eigenvalue weighted by molar-refractivity contribution is 6.02. The van der Waals surface area contributed by atoms with Gasteiger partial charge in [-0.25, -0.2) is 4.79 Å². The Morgan fingerprint density at radius 2 is 1.57 bits per heavy atom. The Morgan fingerprint density at radius 3 is 2.27 bits per heavy atom. The van der Waals surface area contributed by atoms with Crippen molar-refractivity contribution in [3.63, 3.8) is 0 Å². The number of hydrogen-bond acceptors (Lipinski definition) is 4. The highest BCUT2D eigenvalue weighted by atomic mass is 16.5. The molecule has 0 atom stereocenters. The number of carboxylic acids is 1. The van der Waals surface area contributed by atoms with E-state index in [0.29, 0.717) is 17.9 Å². The molecule has 0 heterocycles. The van der Waals surface area contributed by atoms with Crippen LogP contribution in [0.4, 0.5) is 4.79 Å². The fourth-order valence-electron chi connectivity index (χ4n) is 2.74. The van der Waals surface area contributed by atoms with Crippen molar-refractivity contribution in [2.45, 2.75) is 45.1 Å².